The summed E-state index contributed by atoms with van der Waals surface area (Å²) in [5, 5.41) is 0. The molecule has 0 aromatic carbocycles. The lowest BCUT2D eigenvalue weighted by atomic mass is 9.87. The minimum atomic E-state index is 0.488. The van der Waals surface area contributed by atoms with Gasteiger partial charge < -0.3 is 4.90 Å². The average Bonchev–Trinajstić information content (AvgIpc) is 2.45. The first-order chi connectivity index (χ1) is 9.29. The monoisotopic (exact) mass is 265 g/mol. The highest BCUT2D eigenvalue weighted by Gasteiger charge is 2.27. The SMILES string of the molecule is CCCCCCC1CCN(C2CCC(=O)CC2)CC1. The van der Waals surface area contributed by atoms with Crippen LogP contribution in [0.5, 0.6) is 0 Å². The first-order valence-electron chi connectivity index (χ1n) is 8.55. The van der Waals surface area contributed by atoms with E-state index in [1.54, 1.807) is 0 Å². The highest BCUT2D eigenvalue weighted by molar-refractivity contribution is 5.79. The summed E-state index contributed by atoms with van der Waals surface area (Å²) >= 11 is 0. The van der Waals surface area contributed by atoms with Gasteiger partial charge in [0.2, 0.25) is 0 Å². The van der Waals surface area contributed by atoms with Crippen molar-refractivity contribution in [2.75, 3.05) is 13.1 Å². The van der Waals surface area contributed by atoms with Gasteiger partial charge in [0.25, 0.3) is 0 Å². The second kappa shape index (κ2) is 8.04. The van der Waals surface area contributed by atoms with Gasteiger partial charge in [0.15, 0.2) is 0 Å². The van der Waals surface area contributed by atoms with Crippen LogP contribution in [0, 0.1) is 5.92 Å². The number of carbonyl (C=O) groups is 1. The number of Topliss-reactive ketones (excluding diaryl/α,β-unsaturated/α-hetero) is 1. The van der Waals surface area contributed by atoms with Crippen molar-refractivity contribution in [3.63, 3.8) is 0 Å². The van der Waals surface area contributed by atoms with Crippen LogP contribution in [0.4, 0.5) is 0 Å². The van der Waals surface area contributed by atoms with E-state index in [9.17, 15) is 4.79 Å². The third-order valence-electron chi connectivity index (χ3n) is 5.14. The fourth-order valence-electron chi connectivity index (χ4n) is 3.76. The summed E-state index contributed by atoms with van der Waals surface area (Å²) in [6, 6.07) is 0.721. The molecule has 0 aromatic rings. The quantitative estimate of drug-likeness (QED) is 0.671. The molecule has 0 aromatic heterocycles. The fraction of sp³-hybridized carbons (Fsp3) is 0.941. The van der Waals surface area contributed by atoms with E-state index in [1.165, 1.54) is 58.0 Å². The normalized spacial score (nSPS) is 23.9. The van der Waals surface area contributed by atoms with E-state index < -0.39 is 0 Å². The molecule has 0 atom stereocenters. The van der Waals surface area contributed by atoms with Crippen LogP contribution in [0.2, 0.25) is 0 Å². The summed E-state index contributed by atoms with van der Waals surface area (Å²) in [5.41, 5.74) is 0. The zero-order chi connectivity index (χ0) is 13.5. The first-order valence-corrected chi connectivity index (χ1v) is 8.55. The van der Waals surface area contributed by atoms with Crippen LogP contribution in [0.3, 0.4) is 0 Å². The van der Waals surface area contributed by atoms with E-state index in [2.05, 4.69) is 11.8 Å². The van der Waals surface area contributed by atoms with Crippen LogP contribution in [0.25, 0.3) is 0 Å². The molecule has 110 valence electrons. The van der Waals surface area contributed by atoms with Gasteiger partial charge in [-0.2, -0.15) is 0 Å². The number of nitrogens with zero attached hydrogens (tertiary/aromatic N) is 1. The van der Waals surface area contributed by atoms with Crippen LogP contribution in [-0.4, -0.2) is 29.8 Å². The Labute approximate surface area is 118 Å². The summed E-state index contributed by atoms with van der Waals surface area (Å²) in [7, 11) is 0. The van der Waals surface area contributed by atoms with Gasteiger partial charge in [0, 0.05) is 18.9 Å². The Morgan fingerprint density at radius 3 is 2.32 bits per heavy atom. The molecule has 2 fully saturated rings. The Balaban J connectivity index is 1.61. The molecule has 0 amide bonds. The second-order valence-corrected chi connectivity index (χ2v) is 6.60. The summed E-state index contributed by atoms with van der Waals surface area (Å²) in [6.07, 6.45) is 13.8. The molecule has 19 heavy (non-hydrogen) atoms. The van der Waals surface area contributed by atoms with Crippen molar-refractivity contribution in [3.8, 4) is 0 Å². The predicted molar refractivity (Wildman–Crippen MR) is 80.3 cm³/mol. The molecule has 2 nitrogen and oxygen atoms in total. The maximum Gasteiger partial charge on any atom is 0.133 e. The molecule has 0 radical (unpaired) electrons. The van der Waals surface area contributed by atoms with Crippen molar-refractivity contribution in [1.29, 1.82) is 0 Å². The van der Waals surface area contributed by atoms with Gasteiger partial charge in [-0.3, -0.25) is 4.79 Å². The van der Waals surface area contributed by atoms with Crippen molar-refractivity contribution in [3.05, 3.63) is 0 Å². The maximum absolute atomic E-state index is 11.3. The number of unbranched alkanes of at least 4 members (excludes halogenated alkanes) is 3. The minimum Gasteiger partial charge on any atom is -0.300 e. The van der Waals surface area contributed by atoms with Crippen LogP contribution in [0.1, 0.15) is 77.6 Å². The van der Waals surface area contributed by atoms with Gasteiger partial charge in [-0.15, -0.1) is 0 Å². The lowest BCUT2D eigenvalue weighted by Crippen LogP contribution is -2.43. The molecule has 2 rings (SSSR count). The maximum atomic E-state index is 11.3. The lowest BCUT2D eigenvalue weighted by molar-refractivity contribution is -0.121. The topological polar surface area (TPSA) is 20.3 Å². The zero-order valence-corrected chi connectivity index (χ0v) is 12.7. The highest BCUT2D eigenvalue weighted by Crippen LogP contribution is 2.28. The van der Waals surface area contributed by atoms with Crippen LogP contribution in [-0.2, 0) is 4.79 Å². The van der Waals surface area contributed by atoms with E-state index >= 15 is 0 Å². The molecule has 1 aliphatic carbocycles. The van der Waals surface area contributed by atoms with E-state index in [1.807, 2.05) is 0 Å². The fourth-order valence-corrected chi connectivity index (χ4v) is 3.76. The van der Waals surface area contributed by atoms with Crippen molar-refractivity contribution in [2.24, 2.45) is 5.92 Å². The molecular weight excluding hydrogens is 234 g/mol. The Kier molecular flexibility index (Phi) is 6.36. The molecule has 0 bridgehead atoms. The summed E-state index contributed by atoms with van der Waals surface area (Å²) in [4.78, 5) is 14.0. The molecule has 1 heterocycles. The van der Waals surface area contributed by atoms with Crippen LogP contribution >= 0.6 is 0 Å². The predicted octanol–water partition coefficient (Wildman–Crippen LogP) is 4.18. The zero-order valence-electron chi connectivity index (χ0n) is 12.7. The first kappa shape index (κ1) is 15.0. The van der Waals surface area contributed by atoms with E-state index in [0.717, 1.165) is 37.6 Å². The van der Waals surface area contributed by atoms with Crippen molar-refractivity contribution >= 4 is 5.78 Å². The van der Waals surface area contributed by atoms with Crippen molar-refractivity contribution < 1.29 is 4.79 Å². The van der Waals surface area contributed by atoms with Crippen LogP contribution < -0.4 is 0 Å². The van der Waals surface area contributed by atoms with Crippen molar-refractivity contribution in [2.45, 2.75) is 83.6 Å². The second-order valence-electron chi connectivity index (χ2n) is 6.60. The number of carbonyl (C=O) groups excluding carboxylic acids is 1. The third-order valence-corrected chi connectivity index (χ3v) is 5.14. The van der Waals surface area contributed by atoms with Crippen LogP contribution in [0.15, 0.2) is 0 Å². The number of ketones is 1. The van der Waals surface area contributed by atoms with Gasteiger partial charge in [0.05, 0.1) is 0 Å². The molecule has 2 aliphatic rings. The van der Waals surface area contributed by atoms with Gasteiger partial charge in [0.1, 0.15) is 5.78 Å². The highest BCUT2D eigenvalue weighted by atomic mass is 16.1. The number of rotatable bonds is 6. The van der Waals surface area contributed by atoms with E-state index in [0.29, 0.717) is 5.78 Å². The molecule has 2 heteroatoms. The van der Waals surface area contributed by atoms with Gasteiger partial charge in [-0.1, -0.05) is 39.0 Å². The minimum absolute atomic E-state index is 0.488. The summed E-state index contributed by atoms with van der Waals surface area (Å²) in [6.45, 7) is 4.86. The summed E-state index contributed by atoms with van der Waals surface area (Å²) in [5.74, 6) is 1.47. The largest absolute Gasteiger partial charge is 0.300 e. The molecule has 1 saturated heterocycles. The Hall–Kier alpha value is -0.370. The molecular formula is C17H31NO. The number of piperidine rings is 1. The van der Waals surface area contributed by atoms with Gasteiger partial charge >= 0.3 is 0 Å². The van der Waals surface area contributed by atoms with Gasteiger partial charge in [-0.25, -0.2) is 0 Å². The third kappa shape index (κ3) is 4.91. The molecule has 0 unspecified atom stereocenters. The molecule has 0 N–H and O–H groups in total. The molecule has 1 saturated carbocycles. The van der Waals surface area contributed by atoms with Crippen molar-refractivity contribution in [1.82, 2.24) is 4.90 Å². The van der Waals surface area contributed by atoms with Gasteiger partial charge in [-0.05, 0) is 44.7 Å². The average molecular weight is 265 g/mol. The Morgan fingerprint density at radius 1 is 1.00 bits per heavy atom. The Morgan fingerprint density at radius 2 is 1.68 bits per heavy atom. The number of hydrogen-bond acceptors (Lipinski definition) is 2. The summed E-state index contributed by atoms with van der Waals surface area (Å²) < 4.78 is 0. The molecule has 0 spiro atoms. The molecule has 1 aliphatic heterocycles. The van der Waals surface area contributed by atoms with E-state index in [4.69, 9.17) is 0 Å². The number of likely N-dealkylation sites (tertiary alicyclic amines) is 1. The van der Waals surface area contributed by atoms with E-state index in [-0.39, 0.29) is 0 Å². The number of hydrogen-bond donors (Lipinski definition) is 0. The lowest BCUT2D eigenvalue weighted by Gasteiger charge is -2.39. The standard InChI is InChI=1S/C17H31NO/c1-2-3-4-5-6-15-11-13-18(14-12-15)16-7-9-17(19)10-8-16/h15-16H,2-14H2,1H3. The Bertz CT molecular complexity index is 258. The smallest absolute Gasteiger partial charge is 0.133 e.